The molecule has 0 bridgehead atoms. The number of carboxylic acids is 1. The summed E-state index contributed by atoms with van der Waals surface area (Å²) >= 11 is 0. The predicted molar refractivity (Wildman–Crippen MR) is 78.7 cm³/mol. The van der Waals surface area contributed by atoms with Gasteiger partial charge in [0.15, 0.2) is 0 Å². The number of rotatable bonds is 6. The first-order chi connectivity index (χ1) is 9.66. The molecule has 4 heteroatoms. The molecule has 0 unspecified atom stereocenters. The zero-order chi connectivity index (χ0) is 14.4. The summed E-state index contributed by atoms with van der Waals surface area (Å²) in [7, 11) is 0. The third kappa shape index (κ3) is 3.82. The summed E-state index contributed by atoms with van der Waals surface area (Å²) in [6.07, 6.45) is 1.86. The van der Waals surface area contributed by atoms with Crippen LogP contribution in [-0.4, -0.2) is 22.6 Å². The minimum absolute atomic E-state index is 0.112. The predicted octanol–water partition coefficient (Wildman–Crippen LogP) is 2.87. The van der Waals surface area contributed by atoms with Gasteiger partial charge in [-0.2, -0.15) is 0 Å². The van der Waals surface area contributed by atoms with Gasteiger partial charge in [0, 0.05) is 18.4 Å². The van der Waals surface area contributed by atoms with Crippen LogP contribution in [0.2, 0.25) is 0 Å². The second-order valence-electron chi connectivity index (χ2n) is 4.67. The lowest BCUT2D eigenvalue weighted by atomic mass is 10.1. The highest BCUT2D eigenvalue weighted by Crippen LogP contribution is 2.21. The van der Waals surface area contributed by atoms with Crippen molar-refractivity contribution in [1.29, 1.82) is 0 Å². The van der Waals surface area contributed by atoms with Crippen LogP contribution in [-0.2, 0) is 11.3 Å². The Morgan fingerprint density at radius 3 is 2.60 bits per heavy atom. The quantitative estimate of drug-likeness (QED) is 0.877. The summed E-state index contributed by atoms with van der Waals surface area (Å²) in [5.41, 5.74) is 3.12. The number of aliphatic carboxylic acids is 1. The smallest absolute Gasteiger partial charge is 0.305 e. The molecule has 2 aromatic rings. The van der Waals surface area contributed by atoms with E-state index < -0.39 is 5.97 Å². The fourth-order valence-corrected chi connectivity index (χ4v) is 2.12. The van der Waals surface area contributed by atoms with Crippen LogP contribution in [0.25, 0.3) is 0 Å². The Bertz CT molecular complexity index is 570. The molecule has 0 atom stereocenters. The number of hydrogen-bond donors (Lipinski definition) is 1. The maximum atomic E-state index is 10.8. The fraction of sp³-hybridized carbons (Fsp3) is 0.250. The van der Waals surface area contributed by atoms with E-state index in [4.69, 9.17) is 5.11 Å². The summed E-state index contributed by atoms with van der Waals surface area (Å²) < 4.78 is 0. The number of anilines is 1. The van der Waals surface area contributed by atoms with Crippen molar-refractivity contribution in [3.8, 4) is 0 Å². The first-order valence-electron chi connectivity index (χ1n) is 6.59. The summed E-state index contributed by atoms with van der Waals surface area (Å²) in [5.74, 6) is -0.787. The van der Waals surface area contributed by atoms with Gasteiger partial charge in [0.25, 0.3) is 0 Å². The van der Waals surface area contributed by atoms with Gasteiger partial charge in [-0.05, 0) is 30.7 Å². The average molecular weight is 270 g/mol. The number of aryl methyl sites for hydroxylation is 1. The van der Waals surface area contributed by atoms with Gasteiger partial charge in [-0.3, -0.25) is 9.78 Å². The van der Waals surface area contributed by atoms with Crippen LogP contribution in [0.15, 0.2) is 48.7 Å². The van der Waals surface area contributed by atoms with E-state index in [2.05, 4.69) is 9.88 Å². The standard InChI is InChI=1S/C16H18N2O2/c1-13-6-2-3-8-15(13)18(11-9-16(19)20)12-14-7-4-5-10-17-14/h2-8,10H,9,11-12H2,1H3,(H,19,20). The van der Waals surface area contributed by atoms with Crippen molar-refractivity contribution in [3.05, 3.63) is 59.9 Å². The molecule has 2 rings (SSSR count). The van der Waals surface area contributed by atoms with Crippen molar-refractivity contribution in [2.45, 2.75) is 19.9 Å². The Morgan fingerprint density at radius 2 is 1.95 bits per heavy atom. The molecule has 20 heavy (non-hydrogen) atoms. The molecular formula is C16H18N2O2. The molecule has 104 valence electrons. The molecule has 0 spiro atoms. The van der Waals surface area contributed by atoms with E-state index in [1.165, 1.54) is 0 Å². The van der Waals surface area contributed by atoms with Crippen LogP contribution in [0.5, 0.6) is 0 Å². The largest absolute Gasteiger partial charge is 0.481 e. The second kappa shape index (κ2) is 6.70. The minimum Gasteiger partial charge on any atom is -0.481 e. The lowest BCUT2D eigenvalue weighted by Crippen LogP contribution is -2.26. The van der Waals surface area contributed by atoms with Crippen LogP contribution in [0.1, 0.15) is 17.7 Å². The average Bonchev–Trinajstić information content (AvgIpc) is 2.45. The van der Waals surface area contributed by atoms with Gasteiger partial charge in [0.2, 0.25) is 0 Å². The van der Waals surface area contributed by atoms with Crippen molar-refractivity contribution in [2.24, 2.45) is 0 Å². The van der Waals surface area contributed by atoms with Gasteiger partial charge >= 0.3 is 5.97 Å². The van der Waals surface area contributed by atoms with Gasteiger partial charge in [-0.25, -0.2) is 0 Å². The third-order valence-electron chi connectivity index (χ3n) is 3.13. The number of nitrogens with zero attached hydrogens (tertiary/aromatic N) is 2. The van der Waals surface area contributed by atoms with Crippen LogP contribution in [0, 0.1) is 6.92 Å². The van der Waals surface area contributed by atoms with Crippen molar-refractivity contribution >= 4 is 11.7 Å². The molecule has 1 N–H and O–H groups in total. The van der Waals surface area contributed by atoms with Gasteiger partial charge in [-0.1, -0.05) is 24.3 Å². The number of para-hydroxylation sites is 1. The van der Waals surface area contributed by atoms with Gasteiger partial charge < -0.3 is 10.0 Å². The Hall–Kier alpha value is -2.36. The van der Waals surface area contributed by atoms with Crippen LogP contribution in [0.4, 0.5) is 5.69 Å². The van der Waals surface area contributed by atoms with E-state index in [0.29, 0.717) is 13.1 Å². The molecule has 4 nitrogen and oxygen atoms in total. The van der Waals surface area contributed by atoms with Crippen LogP contribution in [0.3, 0.4) is 0 Å². The molecule has 0 amide bonds. The number of pyridine rings is 1. The lowest BCUT2D eigenvalue weighted by Gasteiger charge is -2.25. The molecule has 0 saturated carbocycles. The van der Waals surface area contributed by atoms with Crippen molar-refractivity contribution in [3.63, 3.8) is 0 Å². The SMILES string of the molecule is Cc1ccccc1N(CCC(=O)O)Cc1ccccn1. The van der Waals surface area contributed by atoms with Crippen LogP contribution >= 0.6 is 0 Å². The summed E-state index contributed by atoms with van der Waals surface area (Å²) in [6, 6.07) is 13.8. The Labute approximate surface area is 118 Å². The van der Waals surface area contributed by atoms with Crippen molar-refractivity contribution in [1.82, 2.24) is 4.98 Å². The zero-order valence-corrected chi connectivity index (χ0v) is 11.5. The molecule has 0 aliphatic carbocycles. The Kier molecular flexibility index (Phi) is 4.71. The maximum absolute atomic E-state index is 10.8. The summed E-state index contributed by atoms with van der Waals surface area (Å²) in [5, 5.41) is 8.90. The van der Waals surface area contributed by atoms with E-state index in [1.54, 1.807) is 6.20 Å². The number of benzene rings is 1. The molecule has 1 heterocycles. The van der Waals surface area contributed by atoms with E-state index in [1.807, 2.05) is 49.4 Å². The van der Waals surface area contributed by atoms with E-state index >= 15 is 0 Å². The van der Waals surface area contributed by atoms with Crippen molar-refractivity contribution in [2.75, 3.05) is 11.4 Å². The van der Waals surface area contributed by atoms with E-state index in [0.717, 1.165) is 16.9 Å². The highest BCUT2D eigenvalue weighted by atomic mass is 16.4. The summed E-state index contributed by atoms with van der Waals surface area (Å²) in [4.78, 5) is 17.2. The molecular weight excluding hydrogens is 252 g/mol. The first kappa shape index (κ1) is 14.1. The molecule has 1 aromatic carbocycles. The van der Waals surface area contributed by atoms with E-state index in [-0.39, 0.29) is 6.42 Å². The Morgan fingerprint density at radius 1 is 1.20 bits per heavy atom. The number of carbonyl (C=O) groups is 1. The number of aromatic nitrogens is 1. The third-order valence-corrected chi connectivity index (χ3v) is 3.13. The fourth-order valence-electron chi connectivity index (χ4n) is 2.12. The molecule has 0 saturated heterocycles. The highest BCUT2D eigenvalue weighted by molar-refractivity contribution is 5.68. The van der Waals surface area contributed by atoms with Crippen molar-refractivity contribution < 1.29 is 9.90 Å². The maximum Gasteiger partial charge on any atom is 0.305 e. The van der Waals surface area contributed by atoms with Gasteiger partial charge in [0.1, 0.15) is 0 Å². The normalized spacial score (nSPS) is 10.2. The number of carboxylic acid groups (broad SMARTS) is 1. The molecule has 0 fully saturated rings. The topological polar surface area (TPSA) is 53.4 Å². The minimum atomic E-state index is -0.787. The zero-order valence-electron chi connectivity index (χ0n) is 11.5. The monoisotopic (exact) mass is 270 g/mol. The molecule has 1 aromatic heterocycles. The lowest BCUT2D eigenvalue weighted by molar-refractivity contribution is -0.136. The van der Waals surface area contributed by atoms with Crippen LogP contribution < -0.4 is 4.90 Å². The molecule has 0 aliphatic rings. The first-order valence-corrected chi connectivity index (χ1v) is 6.59. The second-order valence-corrected chi connectivity index (χ2v) is 4.67. The number of hydrogen-bond acceptors (Lipinski definition) is 3. The van der Waals surface area contributed by atoms with Gasteiger partial charge in [-0.15, -0.1) is 0 Å². The van der Waals surface area contributed by atoms with Gasteiger partial charge in [0.05, 0.1) is 18.7 Å². The Balaban J connectivity index is 2.20. The molecule has 0 aliphatic heterocycles. The molecule has 0 radical (unpaired) electrons. The summed E-state index contributed by atoms with van der Waals surface area (Å²) in [6.45, 7) is 3.11. The van der Waals surface area contributed by atoms with E-state index in [9.17, 15) is 4.79 Å². The highest BCUT2D eigenvalue weighted by Gasteiger charge is 2.11.